The largest absolute Gasteiger partial charge is 0.478 e. The standard InChI is InChI=1S/C15H20N2O3/c18-14(13-7-3-4-9-16-13)17-10-8-11-5-1-2-6-12(11)15(19)20/h1-2,5-6,13,16H,3-4,7-10H2,(H,17,18)(H,19,20)/t13-/m0/s1. The van der Waals surface area contributed by atoms with E-state index in [2.05, 4.69) is 10.6 Å². The van der Waals surface area contributed by atoms with Crippen LogP contribution >= 0.6 is 0 Å². The van der Waals surface area contributed by atoms with Crippen molar-refractivity contribution in [2.24, 2.45) is 0 Å². The Morgan fingerprint density at radius 2 is 2.10 bits per heavy atom. The van der Waals surface area contributed by atoms with Crippen LogP contribution in [0.4, 0.5) is 0 Å². The minimum atomic E-state index is -0.930. The van der Waals surface area contributed by atoms with Crippen LogP contribution in [0.15, 0.2) is 24.3 Å². The fraction of sp³-hybridized carbons (Fsp3) is 0.467. The third-order valence-corrected chi connectivity index (χ3v) is 3.57. The number of carbonyl (C=O) groups excluding carboxylic acids is 1. The van der Waals surface area contributed by atoms with E-state index >= 15 is 0 Å². The van der Waals surface area contributed by atoms with Crippen molar-refractivity contribution in [2.75, 3.05) is 13.1 Å². The third kappa shape index (κ3) is 3.81. The molecule has 1 aromatic carbocycles. The summed E-state index contributed by atoms with van der Waals surface area (Å²) in [6.07, 6.45) is 3.60. The van der Waals surface area contributed by atoms with Gasteiger partial charge >= 0.3 is 5.97 Å². The SMILES string of the molecule is O=C(O)c1ccccc1CCNC(=O)[C@@H]1CCCCN1. The Morgan fingerprint density at radius 1 is 1.30 bits per heavy atom. The number of hydrogen-bond acceptors (Lipinski definition) is 3. The van der Waals surface area contributed by atoms with Gasteiger partial charge in [0.05, 0.1) is 11.6 Å². The molecule has 1 atom stereocenters. The van der Waals surface area contributed by atoms with E-state index < -0.39 is 5.97 Å². The minimum absolute atomic E-state index is 0.0116. The van der Waals surface area contributed by atoms with Gasteiger partial charge in [-0.3, -0.25) is 4.79 Å². The van der Waals surface area contributed by atoms with Crippen LogP contribution in [-0.4, -0.2) is 36.1 Å². The van der Waals surface area contributed by atoms with Crippen LogP contribution in [0.25, 0.3) is 0 Å². The van der Waals surface area contributed by atoms with E-state index in [4.69, 9.17) is 5.11 Å². The molecule has 5 nitrogen and oxygen atoms in total. The Morgan fingerprint density at radius 3 is 2.80 bits per heavy atom. The van der Waals surface area contributed by atoms with Crippen LogP contribution in [0.5, 0.6) is 0 Å². The highest BCUT2D eigenvalue weighted by Gasteiger charge is 2.19. The Labute approximate surface area is 118 Å². The molecule has 5 heteroatoms. The molecule has 0 aromatic heterocycles. The lowest BCUT2D eigenvalue weighted by atomic mass is 10.0. The molecule has 0 unspecified atom stereocenters. The molecule has 108 valence electrons. The lowest BCUT2D eigenvalue weighted by Crippen LogP contribution is -2.47. The summed E-state index contributed by atoms with van der Waals surface area (Å²) in [5.74, 6) is -0.918. The van der Waals surface area contributed by atoms with Gasteiger partial charge in [0.1, 0.15) is 0 Å². The van der Waals surface area contributed by atoms with Crippen molar-refractivity contribution in [3.05, 3.63) is 35.4 Å². The van der Waals surface area contributed by atoms with Crippen molar-refractivity contribution in [3.8, 4) is 0 Å². The summed E-state index contributed by atoms with van der Waals surface area (Å²) in [6.45, 7) is 1.35. The van der Waals surface area contributed by atoms with Crippen LogP contribution in [-0.2, 0) is 11.2 Å². The Balaban J connectivity index is 1.83. The molecular weight excluding hydrogens is 256 g/mol. The van der Waals surface area contributed by atoms with Crippen LogP contribution in [0.1, 0.15) is 35.2 Å². The van der Waals surface area contributed by atoms with Crippen molar-refractivity contribution in [3.63, 3.8) is 0 Å². The molecule has 1 aliphatic rings. The number of nitrogens with one attached hydrogen (secondary N) is 2. The molecular formula is C15H20N2O3. The summed E-state index contributed by atoms with van der Waals surface area (Å²) < 4.78 is 0. The van der Waals surface area contributed by atoms with Gasteiger partial charge in [0.2, 0.25) is 5.91 Å². The fourth-order valence-electron chi connectivity index (χ4n) is 2.47. The number of carboxylic acid groups (broad SMARTS) is 1. The maximum absolute atomic E-state index is 11.9. The van der Waals surface area contributed by atoms with Gasteiger partial charge in [0.15, 0.2) is 0 Å². The van der Waals surface area contributed by atoms with E-state index in [1.54, 1.807) is 18.2 Å². The molecule has 0 bridgehead atoms. The average Bonchev–Trinajstić information content (AvgIpc) is 2.48. The zero-order chi connectivity index (χ0) is 14.4. The number of piperidine rings is 1. The number of aromatic carboxylic acids is 1. The summed E-state index contributed by atoms with van der Waals surface area (Å²) in [6, 6.07) is 6.79. The first-order chi connectivity index (χ1) is 9.68. The maximum Gasteiger partial charge on any atom is 0.335 e. The second-order valence-electron chi connectivity index (χ2n) is 5.01. The molecule has 1 fully saturated rings. The lowest BCUT2D eigenvalue weighted by Gasteiger charge is -2.22. The molecule has 1 aliphatic heterocycles. The number of rotatable bonds is 5. The predicted octanol–water partition coefficient (Wildman–Crippen LogP) is 1.19. The normalized spacial score (nSPS) is 18.5. The van der Waals surface area contributed by atoms with Crippen molar-refractivity contribution in [1.82, 2.24) is 10.6 Å². The highest BCUT2D eigenvalue weighted by atomic mass is 16.4. The minimum Gasteiger partial charge on any atom is -0.478 e. The van der Waals surface area contributed by atoms with Gasteiger partial charge < -0.3 is 15.7 Å². The van der Waals surface area contributed by atoms with E-state index in [0.717, 1.165) is 31.4 Å². The van der Waals surface area contributed by atoms with Gasteiger partial charge in [-0.1, -0.05) is 24.6 Å². The predicted molar refractivity (Wildman–Crippen MR) is 75.8 cm³/mol. The van der Waals surface area contributed by atoms with E-state index in [0.29, 0.717) is 18.5 Å². The average molecular weight is 276 g/mol. The molecule has 1 amide bonds. The lowest BCUT2D eigenvalue weighted by molar-refractivity contribution is -0.123. The first-order valence-corrected chi connectivity index (χ1v) is 7.01. The first-order valence-electron chi connectivity index (χ1n) is 7.01. The Kier molecular flexibility index (Phi) is 5.12. The summed E-state index contributed by atoms with van der Waals surface area (Å²) in [4.78, 5) is 23.0. The first kappa shape index (κ1) is 14.5. The monoisotopic (exact) mass is 276 g/mol. The van der Waals surface area contributed by atoms with E-state index in [1.165, 1.54) is 0 Å². The van der Waals surface area contributed by atoms with Gasteiger partial charge in [-0.05, 0) is 37.4 Å². The van der Waals surface area contributed by atoms with E-state index in [1.807, 2.05) is 6.07 Å². The highest BCUT2D eigenvalue weighted by Crippen LogP contribution is 2.10. The molecule has 0 saturated carbocycles. The molecule has 1 heterocycles. The molecule has 0 spiro atoms. The summed E-state index contributed by atoms with van der Waals surface area (Å²) >= 11 is 0. The fourth-order valence-corrected chi connectivity index (χ4v) is 2.47. The number of hydrogen-bond donors (Lipinski definition) is 3. The van der Waals surface area contributed by atoms with E-state index in [-0.39, 0.29) is 11.9 Å². The Hall–Kier alpha value is -1.88. The van der Waals surface area contributed by atoms with Crippen molar-refractivity contribution < 1.29 is 14.7 Å². The van der Waals surface area contributed by atoms with Gasteiger partial charge in [0.25, 0.3) is 0 Å². The molecule has 1 aromatic rings. The van der Waals surface area contributed by atoms with E-state index in [9.17, 15) is 9.59 Å². The zero-order valence-electron chi connectivity index (χ0n) is 11.4. The second-order valence-corrected chi connectivity index (χ2v) is 5.01. The topological polar surface area (TPSA) is 78.4 Å². The van der Waals surface area contributed by atoms with Gasteiger partial charge in [0, 0.05) is 6.54 Å². The number of benzene rings is 1. The van der Waals surface area contributed by atoms with Crippen molar-refractivity contribution in [2.45, 2.75) is 31.7 Å². The maximum atomic E-state index is 11.9. The van der Waals surface area contributed by atoms with Crippen molar-refractivity contribution in [1.29, 1.82) is 0 Å². The highest BCUT2D eigenvalue weighted by molar-refractivity contribution is 5.89. The number of amides is 1. The van der Waals surface area contributed by atoms with Crippen LogP contribution in [0, 0.1) is 0 Å². The van der Waals surface area contributed by atoms with Crippen LogP contribution < -0.4 is 10.6 Å². The van der Waals surface area contributed by atoms with Crippen molar-refractivity contribution >= 4 is 11.9 Å². The second kappa shape index (κ2) is 7.05. The summed E-state index contributed by atoms with van der Waals surface area (Å²) in [5, 5.41) is 15.1. The third-order valence-electron chi connectivity index (χ3n) is 3.57. The van der Waals surface area contributed by atoms with Gasteiger partial charge in [-0.25, -0.2) is 4.79 Å². The quantitative estimate of drug-likeness (QED) is 0.754. The smallest absolute Gasteiger partial charge is 0.335 e. The molecule has 20 heavy (non-hydrogen) atoms. The molecule has 0 radical (unpaired) electrons. The van der Waals surface area contributed by atoms with Crippen LogP contribution in [0.3, 0.4) is 0 Å². The Bertz CT molecular complexity index is 482. The zero-order valence-corrected chi connectivity index (χ0v) is 11.4. The number of carbonyl (C=O) groups is 2. The van der Waals surface area contributed by atoms with Gasteiger partial charge in [-0.15, -0.1) is 0 Å². The molecule has 2 rings (SSSR count). The molecule has 1 saturated heterocycles. The summed E-state index contributed by atoms with van der Waals surface area (Å²) in [5.41, 5.74) is 1.05. The number of carboxylic acids is 1. The van der Waals surface area contributed by atoms with Crippen LogP contribution in [0.2, 0.25) is 0 Å². The summed E-state index contributed by atoms with van der Waals surface area (Å²) in [7, 11) is 0. The van der Waals surface area contributed by atoms with Gasteiger partial charge in [-0.2, -0.15) is 0 Å². The molecule has 3 N–H and O–H groups in total. The molecule has 0 aliphatic carbocycles.